The maximum atomic E-state index is 11.1. The second-order valence-corrected chi connectivity index (χ2v) is 5.65. The van der Waals surface area contributed by atoms with Gasteiger partial charge >= 0.3 is 5.82 Å². The van der Waals surface area contributed by atoms with E-state index in [1.165, 1.54) is 25.5 Å². The second-order valence-electron chi connectivity index (χ2n) is 5.65. The molecule has 0 radical (unpaired) electrons. The maximum Gasteiger partial charge on any atom is 0.387 e. The van der Waals surface area contributed by atoms with Crippen LogP contribution in [-0.2, 0) is 0 Å². The van der Waals surface area contributed by atoms with Gasteiger partial charge in [0.1, 0.15) is 11.9 Å². The molecule has 6 heteroatoms. The van der Waals surface area contributed by atoms with E-state index in [1.54, 1.807) is 6.07 Å². The number of anilines is 1. The number of aromatic nitrogens is 1. The van der Waals surface area contributed by atoms with Crippen molar-refractivity contribution in [3.8, 4) is 0 Å². The fraction of sp³-hybridized carbons (Fsp3) is 0.643. The van der Waals surface area contributed by atoms with E-state index >= 15 is 0 Å². The molecule has 2 aliphatic rings. The molecule has 108 valence electrons. The van der Waals surface area contributed by atoms with Crippen LogP contribution in [0.1, 0.15) is 25.7 Å². The summed E-state index contributed by atoms with van der Waals surface area (Å²) in [6, 6.07) is 4.17. The fourth-order valence-electron chi connectivity index (χ4n) is 3.45. The smallest absolute Gasteiger partial charge is 0.364 e. The van der Waals surface area contributed by atoms with Crippen molar-refractivity contribution in [2.24, 2.45) is 5.92 Å². The summed E-state index contributed by atoms with van der Waals surface area (Å²) in [4.78, 5) is 16.8. The van der Waals surface area contributed by atoms with Gasteiger partial charge in [-0.05, 0) is 60.2 Å². The van der Waals surface area contributed by atoms with Gasteiger partial charge in [0, 0.05) is 19.1 Å². The van der Waals surface area contributed by atoms with Crippen molar-refractivity contribution in [3.63, 3.8) is 0 Å². The van der Waals surface area contributed by atoms with Gasteiger partial charge in [0.15, 0.2) is 0 Å². The van der Waals surface area contributed by atoms with Crippen LogP contribution in [-0.4, -0.2) is 35.6 Å². The highest BCUT2D eigenvalue weighted by molar-refractivity contribution is 5.59. The Balaban J connectivity index is 1.78. The number of nitrogens with zero attached hydrogens (tertiary/aromatic N) is 3. The average Bonchev–Trinajstić information content (AvgIpc) is 3.01. The highest BCUT2D eigenvalue weighted by atomic mass is 16.6. The molecular weight excluding hydrogens is 256 g/mol. The van der Waals surface area contributed by atoms with Crippen molar-refractivity contribution in [2.45, 2.75) is 31.7 Å². The van der Waals surface area contributed by atoms with Crippen LogP contribution in [0.4, 0.5) is 11.5 Å². The van der Waals surface area contributed by atoms with E-state index in [4.69, 9.17) is 0 Å². The van der Waals surface area contributed by atoms with Gasteiger partial charge in [-0.2, -0.15) is 0 Å². The lowest BCUT2D eigenvalue weighted by atomic mass is 9.89. The molecule has 0 aliphatic carbocycles. The van der Waals surface area contributed by atoms with Crippen LogP contribution >= 0.6 is 0 Å². The number of nitrogens with one attached hydrogen (secondary N) is 1. The van der Waals surface area contributed by atoms with E-state index in [0.29, 0.717) is 17.6 Å². The van der Waals surface area contributed by atoms with Crippen LogP contribution in [0, 0.1) is 16.0 Å². The highest BCUT2D eigenvalue weighted by Crippen LogP contribution is 2.31. The number of hydrogen-bond donors (Lipinski definition) is 1. The normalized spacial score (nSPS) is 26.7. The molecule has 2 saturated heterocycles. The zero-order valence-electron chi connectivity index (χ0n) is 11.5. The molecule has 1 aromatic heterocycles. The summed E-state index contributed by atoms with van der Waals surface area (Å²) in [7, 11) is 0. The molecule has 1 N–H and O–H groups in total. The summed E-state index contributed by atoms with van der Waals surface area (Å²) < 4.78 is 0. The number of piperidine rings is 1. The van der Waals surface area contributed by atoms with Gasteiger partial charge < -0.3 is 20.3 Å². The molecule has 3 heterocycles. The van der Waals surface area contributed by atoms with E-state index in [0.717, 1.165) is 26.1 Å². The minimum Gasteiger partial charge on any atom is -0.364 e. The van der Waals surface area contributed by atoms with Crippen molar-refractivity contribution in [1.82, 2.24) is 10.3 Å². The molecular formula is C14H20N4O2. The Morgan fingerprint density at radius 3 is 3.05 bits per heavy atom. The van der Waals surface area contributed by atoms with Gasteiger partial charge in [-0.25, -0.2) is 0 Å². The molecule has 1 aromatic rings. The predicted molar refractivity (Wildman–Crippen MR) is 76.9 cm³/mol. The van der Waals surface area contributed by atoms with Gasteiger partial charge in [-0.3, -0.25) is 0 Å². The van der Waals surface area contributed by atoms with Crippen LogP contribution < -0.4 is 10.2 Å². The Morgan fingerprint density at radius 1 is 1.40 bits per heavy atom. The molecule has 20 heavy (non-hydrogen) atoms. The average molecular weight is 276 g/mol. The van der Waals surface area contributed by atoms with Crippen LogP contribution in [0.2, 0.25) is 0 Å². The van der Waals surface area contributed by atoms with Gasteiger partial charge in [0.25, 0.3) is 0 Å². The molecule has 2 aliphatic heterocycles. The lowest BCUT2D eigenvalue weighted by Gasteiger charge is -2.36. The van der Waals surface area contributed by atoms with Crippen LogP contribution in [0.3, 0.4) is 0 Å². The minimum absolute atomic E-state index is 0.0208. The van der Waals surface area contributed by atoms with Crippen LogP contribution in [0.25, 0.3) is 0 Å². The summed E-state index contributed by atoms with van der Waals surface area (Å²) in [5, 5.41) is 14.7. The summed E-state index contributed by atoms with van der Waals surface area (Å²) in [6.45, 7) is 2.88. The molecule has 0 saturated carbocycles. The highest BCUT2D eigenvalue weighted by Gasteiger charge is 2.31. The Bertz CT molecular complexity index is 488. The van der Waals surface area contributed by atoms with Gasteiger partial charge in [0.2, 0.25) is 0 Å². The second kappa shape index (κ2) is 5.75. The van der Waals surface area contributed by atoms with Crippen molar-refractivity contribution in [3.05, 3.63) is 28.4 Å². The van der Waals surface area contributed by atoms with E-state index < -0.39 is 0 Å². The largest absolute Gasteiger partial charge is 0.387 e. The quantitative estimate of drug-likeness (QED) is 0.675. The first-order chi connectivity index (χ1) is 9.75. The van der Waals surface area contributed by atoms with E-state index in [-0.39, 0.29) is 10.7 Å². The summed E-state index contributed by atoms with van der Waals surface area (Å²) in [6.07, 6.45) is 6.26. The number of pyridine rings is 1. The number of rotatable bonds is 3. The number of nitro groups is 1. The fourth-order valence-corrected chi connectivity index (χ4v) is 3.45. The summed E-state index contributed by atoms with van der Waals surface area (Å²) in [5.74, 6) is 0.568. The lowest BCUT2D eigenvalue weighted by molar-refractivity contribution is -0.388. The maximum absolute atomic E-state index is 11.1. The molecule has 2 fully saturated rings. The third-order valence-corrected chi connectivity index (χ3v) is 4.41. The van der Waals surface area contributed by atoms with E-state index in [9.17, 15) is 10.1 Å². The minimum atomic E-state index is -0.382. The van der Waals surface area contributed by atoms with Crippen molar-refractivity contribution < 1.29 is 4.92 Å². The van der Waals surface area contributed by atoms with Gasteiger partial charge in [-0.1, -0.05) is 0 Å². The van der Waals surface area contributed by atoms with Crippen molar-refractivity contribution in [1.29, 1.82) is 0 Å². The zero-order chi connectivity index (χ0) is 13.9. The Hall–Kier alpha value is -1.69. The molecule has 3 rings (SSSR count). The van der Waals surface area contributed by atoms with Crippen molar-refractivity contribution in [2.75, 3.05) is 24.5 Å². The van der Waals surface area contributed by atoms with E-state index in [1.807, 2.05) is 6.07 Å². The van der Waals surface area contributed by atoms with Crippen molar-refractivity contribution >= 4 is 11.5 Å². The first-order valence-electron chi connectivity index (χ1n) is 7.33. The van der Waals surface area contributed by atoms with Crippen LogP contribution in [0.5, 0.6) is 0 Å². The summed E-state index contributed by atoms with van der Waals surface area (Å²) >= 11 is 0. The Morgan fingerprint density at radius 2 is 2.30 bits per heavy atom. The SMILES string of the molecule is O=[N+]([O-])c1ncccc1N1CCCC(C2CCCN2)C1. The first-order valence-corrected chi connectivity index (χ1v) is 7.33. The van der Waals surface area contributed by atoms with E-state index in [2.05, 4.69) is 15.2 Å². The van der Waals surface area contributed by atoms with Gasteiger partial charge in [-0.15, -0.1) is 0 Å². The predicted octanol–water partition coefficient (Wildman–Crippen LogP) is 1.96. The third-order valence-electron chi connectivity index (χ3n) is 4.41. The molecule has 2 atom stereocenters. The molecule has 0 aromatic carbocycles. The lowest BCUT2D eigenvalue weighted by Crippen LogP contribution is -2.43. The Kier molecular flexibility index (Phi) is 3.82. The summed E-state index contributed by atoms with van der Waals surface area (Å²) in [5.41, 5.74) is 0.667. The standard InChI is InChI=1S/C14H20N4O2/c19-18(20)14-13(6-2-8-16-14)17-9-3-4-11(10-17)12-5-1-7-15-12/h2,6,8,11-12,15H,1,3-5,7,9-10H2. The molecule has 0 amide bonds. The molecule has 0 bridgehead atoms. The molecule has 2 unspecified atom stereocenters. The van der Waals surface area contributed by atoms with Crippen LogP contribution in [0.15, 0.2) is 18.3 Å². The topological polar surface area (TPSA) is 71.3 Å². The monoisotopic (exact) mass is 276 g/mol. The molecule has 0 spiro atoms. The number of hydrogen-bond acceptors (Lipinski definition) is 5. The third kappa shape index (κ3) is 2.60. The molecule has 6 nitrogen and oxygen atoms in total. The zero-order valence-corrected chi connectivity index (χ0v) is 11.5. The Labute approximate surface area is 118 Å². The first kappa shape index (κ1) is 13.3. The van der Waals surface area contributed by atoms with Gasteiger partial charge in [0.05, 0.1) is 0 Å².